The van der Waals surface area contributed by atoms with E-state index >= 15 is 0 Å². The smallest absolute Gasteiger partial charge is 0.336 e. The van der Waals surface area contributed by atoms with Gasteiger partial charge in [0.1, 0.15) is 0 Å². The maximum atomic E-state index is 11.9. The van der Waals surface area contributed by atoms with Crippen LogP contribution in [-0.2, 0) is 13.1 Å². The first kappa shape index (κ1) is 20.4. The maximum absolute atomic E-state index is 11.9. The van der Waals surface area contributed by atoms with Gasteiger partial charge in [0.05, 0.1) is 5.56 Å². The van der Waals surface area contributed by atoms with Crippen LogP contribution in [0.1, 0.15) is 27.0 Å². The molecule has 0 heterocycles. The summed E-state index contributed by atoms with van der Waals surface area (Å²) in [6.45, 7) is 3.46. The van der Waals surface area contributed by atoms with Crippen molar-refractivity contribution in [1.29, 1.82) is 0 Å². The van der Waals surface area contributed by atoms with Gasteiger partial charge in [-0.3, -0.25) is 0 Å². The standard InChI is InChI=1S/C28H25NO2/c1-21-10-8-9-15-25(21)27-18-23(16-17-26(27)28(30)31)20-29(24-13-6-3-7-14-24)19-22-11-4-2-5-12-22/h2-18H,19-20H2,1H3,(H,30,31). The molecule has 3 heteroatoms. The van der Waals surface area contributed by atoms with Gasteiger partial charge in [0, 0.05) is 18.8 Å². The van der Waals surface area contributed by atoms with Crippen molar-refractivity contribution in [2.75, 3.05) is 4.90 Å². The van der Waals surface area contributed by atoms with E-state index in [0.29, 0.717) is 12.1 Å². The number of anilines is 1. The minimum absolute atomic E-state index is 0.326. The average Bonchev–Trinajstić information content (AvgIpc) is 2.80. The van der Waals surface area contributed by atoms with Gasteiger partial charge in [-0.15, -0.1) is 0 Å². The lowest BCUT2D eigenvalue weighted by Gasteiger charge is -2.26. The Morgan fingerprint density at radius 1 is 0.710 bits per heavy atom. The summed E-state index contributed by atoms with van der Waals surface area (Å²) in [5.74, 6) is -0.908. The Bertz CT molecular complexity index is 1170. The molecule has 0 aromatic heterocycles. The summed E-state index contributed by atoms with van der Waals surface area (Å²) in [7, 11) is 0. The molecule has 0 amide bonds. The van der Waals surface area contributed by atoms with Gasteiger partial charge in [0.15, 0.2) is 0 Å². The number of benzene rings is 4. The summed E-state index contributed by atoms with van der Waals surface area (Å²) in [6, 6.07) is 34.3. The number of carbonyl (C=O) groups is 1. The van der Waals surface area contributed by atoms with E-state index in [1.165, 1.54) is 5.56 Å². The van der Waals surface area contributed by atoms with Crippen molar-refractivity contribution in [2.45, 2.75) is 20.0 Å². The summed E-state index contributed by atoms with van der Waals surface area (Å²) in [5, 5.41) is 9.75. The van der Waals surface area contributed by atoms with E-state index in [0.717, 1.165) is 34.5 Å². The highest BCUT2D eigenvalue weighted by molar-refractivity contribution is 5.96. The minimum atomic E-state index is -0.908. The van der Waals surface area contributed by atoms with Crippen molar-refractivity contribution in [3.63, 3.8) is 0 Å². The third kappa shape index (κ3) is 4.84. The Balaban J connectivity index is 1.72. The number of aromatic carboxylic acids is 1. The van der Waals surface area contributed by atoms with Crippen molar-refractivity contribution in [2.24, 2.45) is 0 Å². The molecule has 4 rings (SSSR count). The number of nitrogens with zero attached hydrogens (tertiary/aromatic N) is 1. The molecule has 4 aromatic carbocycles. The van der Waals surface area contributed by atoms with Crippen molar-refractivity contribution in [3.05, 3.63) is 125 Å². The molecule has 0 unspecified atom stereocenters. The Kier molecular flexibility index (Phi) is 6.13. The number of carboxylic acids is 1. The first-order valence-corrected chi connectivity index (χ1v) is 10.4. The number of para-hydroxylation sites is 1. The van der Waals surface area contributed by atoms with Crippen LogP contribution >= 0.6 is 0 Å². The molecule has 3 nitrogen and oxygen atoms in total. The number of aryl methyl sites for hydroxylation is 1. The van der Waals surface area contributed by atoms with Crippen LogP contribution in [0.4, 0.5) is 5.69 Å². The maximum Gasteiger partial charge on any atom is 0.336 e. The average molecular weight is 408 g/mol. The third-order valence-corrected chi connectivity index (χ3v) is 5.46. The summed E-state index contributed by atoms with van der Waals surface area (Å²) >= 11 is 0. The molecule has 0 bridgehead atoms. The quantitative estimate of drug-likeness (QED) is 0.377. The predicted molar refractivity (Wildman–Crippen MR) is 126 cm³/mol. The Morgan fingerprint density at radius 3 is 2.00 bits per heavy atom. The highest BCUT2D eigenvalue weighted by Crippen LogP contribution is 2.29. The van der Waals surface area contributed by atoms with Crippen LogP contribution in [0.3, 0.4) is 0 Å². The summed E-state index contributed by atoms with van der Waals surface area (Å²) in [5.41, 5.74) is 6.53. The zero-order chi connectivity index (χ0) is 21.6. The number of hydrogen-bond acceptors (Lipinski definition) is 2. The van der Waals surface area contributed by atoms with Gasteiger partial charge in [-0.05, 0) is 59.0 Å². The van der Waals surface area contributed by atoms with Crippen LogP contribution in [-0.4, -0.2) is 11.1 Å². The normalized spacial score (nSPS) is 10.6. The number of rotatable bonds is 7. The molecule has 1 N–H and O–H groups in total. The molecular weight excluding hydrogens is 382 g/mol. The first-order chi connectivity index (χ1) is 15.1. The van der Waals surface area contributed by atoms with E-state index in [-0.39, 0.29) is 0 Å². The molecule has 0 saturated heterocycles. The summed E-state index contributed by atoms with van der Waals surface area (Å²) < 4.78 is 0. The van der Waals surface area contributed by atoms with Gasteiger partial charge in [0.25, 0.3) is 0 Å². The SMILES string of the molecule is Cc1ccccc1-c1cc(CN(Cc2ccccc2)c2ccccc2)ccc1C(=O)O. The Hall–Kier alpha value is -3.85. The second kappa shape index (κ2) is 9.31. The molecule has 0 aliphatic carbocycles. The zero-order valence-corrected chi connectivity index (χ0v) is 17.5. The summed E-state index contributed by atoms with van der Waals surface area (Å²) in [4.78, 5) is 14.2. The molecule has 0 aliphatic heterocycles. The van der Waals surface area contributed by atoms with E-state index in [1.807, 2.05) is 67.6 Å². The monoisotopic (exact) mass is 407 g/mol. The van der Waals surface area contributed by atoms with Crippen LogP contribution in [0, 0.1) is 6.92 Å². The third-order valence-electron chi connectivity index (χ3n) is 5.46. The predicted octanol–water partition coefficient (Wildman–Crippen LogP) is 6.57. The van der Waals surface area contributed by atoms with Gasteiger partial charge >= 0.3 is 5.97 Å². The lowest BCUT2D eigenvalue weighted by atomic mass is 9.94. The first-order valence-electron chi connectivity index (χ1n) is 10.4. The van der Waals surface area contributed by atoms with E-state index in [2.05, 4.69) is 41.3 Å². The molecule has 0 fully saturated rings. The second-order valence-electron chi connectivity index (χ2n) is 7.68. The fourth-order valence-electron chi connectivity index (χ4n) is 3.88. The van der Waals surface area contributed by atoms with E-state index in [4.69, 9.17) is 0 Å². The van der Waals surface area contributed by atoms with E-state index in [1.54, 1.807) is 6.07 Å². The van der Waals surface area contributed by atoms with Gasteiger partial charge in [-0.1, -0.05) is 78.9 Å². The zero-order valence-electron chi connectivity index (χ0n) is 17.5. The molecule has 0 aliphatic rings. The van der Waals surface area contributed by atoms with Crippen LogP contribution < -0.4 is 4.90 Å². The molecule has 4 aromatic rings. The van der Waals surface area contributed by atoms with Crippen molar-refractivity contribution in [1.82, 2.24) is 0 Å². The highest BCUT2D eigenvalue weighted by atomic mass is 16.4. The minimum Gasteiger partial charge on any atom is -0.478 e. The summed E-state index contributed by atoms with van der Waals surface area (Å²) in [6.07, 6.45) is 0. The van der Waals surface area contributed by atoms with Crippen molar-refractivity contribution in [3.8, 4) is 11.1 Å². The second-order valence-corrected chi connectivity index (χ2v) is 7.68. The van der Waals surface area contributed by atoms with Crippen LogP contribution in [0.2, 0.25) is 0 Å². The molecule has 154 valence electrons. The molecule has 0 atom stereocenters. The lowest BCUT2D eigenvalue weighted by molar-refractivity contribution is 0.0697. The fourth-order valence-corrected chi connectivity index (χ4v) is 3.88. The van der Waals surface area contributed by atoms with Crippen molar-refractivity contribution >= 4 is 11.7 Å². The van der Waals surface area contributed by atoms with Crippen molar-refractivity contribution < 1.29 is 9.90 Å². The molecule has 0 saturated carbocycles. The van der Waals surface area contributed by atoms with Gasteiger partial charge in [-0.25, -0.2) is 4.79 Å². The molecular formula is C28H25NO2. The number of hydrogen-bond donors (Lipinski definition) is 1. The lowest BCUT2D eigenvalue weighted by Crippen LogP contribution is -2.22. The largest absolute Gasteiger partial charge is 0.478 e. The van der Waals surface area contributed by atoms with Gasteiger partial charge < -0.3 is 10.0 Å². The van der Waals surface area contributed by atoms with Crippen LogP contribution in [0.25, 0.3) is 11.1 Å². The Labute approximate surface area is 183 Å². The van der Waals surface area contributed by atoms with Crippen LogP contribution in [0.15, 0.2) is 103 Å². The molecule has 0 spiro atoms. The van der Waals surface area contributed by atoms with E-state index < -0.39 is 5.97 Å². The van der Waals surface area contributed by atoms with Crippen LogP contribution in [0.5, 0.6) is 0 Å². The highest BCUT2D eigenvalue weighted by Gasteiger charge is 2.16. The fraction of sp³-hybridized carbons (Fsp3) is 0.107. The molecule has 0 radical (unpaired) electrons. The number of carboxylic acid groups (broad SMARTS) is 1. The molecule has 31 heavy (non-hydrogen) atoms. The van der Waals surface area contributed by atoms with E-state index in [9.17, 15) is 9.90 Å². The Morgan fingerprint density at radius 2 is 1.32 bits per heavy atom. The van der Waals surface area contributed by atoms with Gasteiger partial charge in [-0.2, -0.15) is 0 Å². The van der Waals surface area contributed by atoms with Gasteiger partial charge in [0.2, 0.25) is 0 Å². The topological polar surface area (TPSA) is 40.5 Å².